The highest BCUT2D eigenvalue weighted by Crippen LogP contribution is 2.40. The molecule has 0 unspecified atom stereocenters. The van der Waals surface area contributed by atoms with Crippen LogP contribution in [0.4, 0.5) is 0 Å². The van der Waals surface area contributed by atoms with Gasteiger partial charge in [0, 0.05) is 31.9 Å². The number of furan rings is 1. The molecule has 0 aliphatic rings. The van der Waals surface area contributed by atoms with E-state index in [4.69, 9.17) is 19.4 Å². The Bertz CT molecular complexity index is 1860. The molecule has 4 nitrogen and oxygen atoms in total. The van der Waals surface area contributed by atoms with Crippen LogP contribution in [0.1, 0.15) is 0 Å². The zero-order valence-corrected chi connectivity index (χ0v) is 21.8. The standard InChI is InChI=1S/C33H20BrN3O/c34-27-19-26-29(20-25(27)21-11-4-1-5-12-21)38-28-18-10-17-24(30(26)28)33-36-31(22-13-6-2-7-14-22)35-32(37-33)23-15-8-3-9-16-23/h1-20H. The van der Waals surface area contributed by atoms with E-state index in [0.29, 0.717) is 17.5 Å². The summed E-state index contributed by atoms with van der Waals surface area (Å²) in [5.74, 6) is 1.87. The van der Waals surface area contributed by atoms with Gasteiger partial charge >= 0.3 is 0 Å². The lowest BCUT2D eigenvalue weighted by Crippen LogP contribution is -2.00. The molecule has 2 heterocycles. The number of fused-ring (bicyclic) bond motifs is 3. The molecule has 5 heteroatoms. The molecule has 0 N–H and O–H groups in total. The van der Waals surface area contributed by atoms with Crippen LogP contribution in [0.2, 0.25) is 0 Å². The molecular weight excluding hydrogens is 534 g/mol. The SMILES string of the molecule is Brc1cc2c(cc1-c1ccccc1)oc1cccc(-c3nc(-c4ccccc4)nc(-c4ccccc4)n3)c12. The Kier molecular flexibility index (Phi) is 5.56. The lowest BCUT2D eigenvalue weighted by molar-refractivity contribution is 0.669. The smallest absolute Gasteiger partial charge is 0.164 e. The monoisotopic (exact) mass is 553 g/mol. The van der Waals surface area contributed by atoms with Gasteiger partial charge in [-0.3, -0.25) is 0 Å². The molecule has 38 heavy (non-hydrogen) atoms. The zero-order valence-electron chi connectivity index (χ0n) is 20.2. The summed E-state index contributed by atoms with van der Waals surface area (Å²) in [4.78, 5) is 14.7. The third-order valence-corrected chi connectivity index (χ3v) is 7.27. The summed E-state index contributed by atoms with van der Waals surface area (Å²) in [6, 6.07) is 40.6. The minimum atomic E-state index is 0.606. The quantitative estimate of drug-likeness (QED) is 0.218. The average Bonchev–Trinajstić information content (AvgIpc) is 3.35. The maximum absolute atomic E-state index is 6.37. The second-order valence-electron chi connectivity index (χ2n) is 9.01. The molecule has 2 aromatic heterocycles. The molecule has 0 fully saturated rings. The molecule has 0 amide bonds. The maximum Gasteiger partial charge on any atom is 0.164 e. The van der Waals surface area contributed by atoms with Crippen molar-refractivity contribution in [3.63, 3.8) is 0 Å². The van der Waals surface area contributed by atoms with Gasteiger partial charge in [0.15, 0.2) is 17.5 Å². The molecule has 0 radical (unpaired) electrons. The number of hydrogen-bond donors (Lipinski definition) is 0. The van der Waals surface area contributed by atoms with Crippen LogP contribution in [-0.4, -0.2) is 15.0 Å². The van der Waals surface area contributed by atoms with Crippen LogP contribution in [0.3, 0.4) is 0 Å². The summed E-state index contributed by atoms with van der Waals surface area (Å²) < 4.78 is 7.37. The topological polar surface area (TPSA) is 51.8 Å². The van der Waals surface area contributed by atoms with E-state index < -0.39 is 0 Å². The number of nitrogens with zero attached hydrogens (tertiary/aromatic N) is 3. The van der Waals surface area contributed by atoms with Crippen molar-refractivity contribution in [3.8, 4) is 45.3 Å². The minimum Gasteiger partial charge on any atom is -0.456 e. The minimum absolute atomic E-state index is 0.606. The Hall–Kier alpha value is -4.61. The van der Waals surface area contributed by atoms with E-state index in [0.717, 1.165) is 54.2 Å². The first-order chi connectivity index (χ1) is 18.7. The molecule has 0 atom stereocenters. The van der Waals surface area contributed by atoms with Crippen molar-refractivity contribution >= 4 is 37.9 Å². The first kappa shape index (κ1) is 22.6. The summed E-state index contributed by atoms with van der Waals surface area (Å²) in [6.07, 6.45) is 0. The van der Waals surface area contributed by atoms with Crippen LogP contribution in [0.25, 0.3) is 67.2 Å². The largest absolute Gasteiger partial charge is 0.456 e. The predicted octanol–water partition coefficient (Wildman–Crippen LogP) is 9.20. The van der Waals surface area contributed by atoms with Crippen molar-refractivity contribution in [2.75, 3.05) is 0 Å². The van der Waals surface area contributed by atoms with E-state index in [-0.39, 0.29) is 0 Å². The molecule has 0 aliphatic carbocycles. The Morgan fingerprint density at radius 1 is 0.474 bits per heavy atom. The van der Waals surface area contributed by atoms with Gasteiger partial charge in [0.25, 0.3) is 0 Å². The highest BCUT2D eigenvalue weighted by atomic mass is 79.9. The summed E-state index contributed by atoms with van der Waals surface area (Å²) >= 11 is 3.81. The molecule has 180 valence electrons. The number of rotatable bonds is 4. The Balaban J connectivity index is 1.48. The molecule has 0 aliphatic heterocycles. The highest BCUT2D eigenvalue weighted by molar-refractivity contribution is 9.10. The van der Waals surface area contributed by atoms with Gasteiger partial charge in [0.2, 0.25) is 0 Å². The summed E-state index contributed by atoms with van der Waals surface area (Å²) in [7, 11) is 0. The van der Waals surface area contributed by atoms with Crippen molar-refractivity contribution in [2.45, 2.75) is 0 Å². The first-order valence-electron chi connectivity index (χ1n) is 12.3. The van der Waals surface area contributed by atoms with Gasteiger partial charge in [-0.1, -0.05) is 119 Å². The Morgan fingerprint density at radius 3 is 1.63 bits per heavy atom. The number of halogens is 1. The molecule has 0 saturated carbocycles. The second-order valence-corrected chi connectivity index (χ2v) is 9.87. The van der Waals surface area contributed by atoms with Gasteiger partial charge in [0.05, 0.1) is 0 Å². The third kappa shape index (κ3) is 3.98. The molecule has 0 bridgehead atoms. The van der Waals surface area contributed by atoms with Crippen molar-refractivity contribution in [3.05, 3.63) is 126 Å². The van der Waals surface area contributed by atoms with Gasteiger partial charge in [-0.25, -0.2) is 15.0 Å². The van der Waals surface area contributed by atoms with Gasteiger partial charge in [-0.15, -0.1) is 0 Å². The summed E-state index contributed by atoms with van der Waals surface area (Å²) in [5, 5.41) is 1.98. The fraction of sp³-hybridized carbons (Fsp3) is 0. The summed E-state index contributed by atoms with van der Waals surface area (Å²) in [6.45, 7) is 0. The lowest BCUT2D eigenvalue weighted by atomic mass is 10.0. The third-order valence-electron chi connectivity index (χ3n) is 6.61. The van der Waals surface area contributed by atoms with E-state index in [1.165, 1.54) is 0 Å². The average molecular weight is 554 g/mol. The molecule has 7 rings (SSSR count). The van der Waals surface area contributed by atoms with Gasteiger partial charge < -0.3 is 4.42 Å². The fourth-order valence-corrected chi connectivity index (χ4v) is 5.37. The van der Waals surface area contributed by atoms with Crippen LogP contribution in [0, 0.1) is 0 Å². The van der Waals surface area contributed by atoms with Gasteiger partial charge in [0.1, 0.15) is 11.2 Å². The van der Waals surface area contributed by atoms with Crippen molar-refractivity contribution in [1.82, 2.24) is 15.0 Å². The Labute approximate surface area is 227 Å². The Morgan fingerprint density at radius 2 is 1.03 bits per heavy atom. The highest BCUT2D eigenvalue weighted by Gasteiger charge is 2.19. The van der Waals surface area contributed by atoms with E-state index in [1.54, 1.807) is 0 Å². The van der Waals surface area contributed by atoms with Crippen molar-refractivity contribution in [1.29, 1.82) is 0 Å². The van der Waals surface area contributed by atoms with Crippen LogP contribution >= 0.6 is 15.9 Å². The van der Waals surface area contributed by atoms with Crippen LogP contribution in [0.15, 0.2) is 130 Å². The number of aromatic nitrogens is 3. The molecule has 5 aromatic carbocycles. The van der Waals surface area contributed by atoms with E-state index >= 15 is 0 Å². The van der Waals surface area contributed by atoms with E-state index in [9.17, 15) is 0 Å². The number of hydrogen-bond acceptors (Lipinski definition) is 4. The zero-order chi connectivity index (χ0) is 25.5. The van der Waals surface area contributed by atoms with Gasteiger partial charge in [-0.05, 0) is 29.3 Å². The van der Waals surface area contributed by atoms with Crippen LogP contribution in [-0.2, 0) is 0 Å². The lowest BCUT2D eigenvalue weighted by Gasteiger charge is -2.09. The van der Waals surface area contributed by atoms with Crippen LogP contribution in [0.5, 0.6) is 0 Å². The normalized spacial score (nSPS) is 11.3. The molecule has 0 spiro atoms. The van der Waals surface area contributed by atoms with E-state index in [1.807, 2.05) is 91.0 Å². The van der Waals surface area contributed by atoms with Gasteiger partial charge in [-0.2, -0.15) is 0 Å². The fourth-order valence-electron chi connectivity index (χ4n) is 4.80. The second kappa shape index (κ2) is 9.36. The van der Waals surface area contributed by atoms with Crippen molar-refractivity contribution in [2.24, 2.45) is 0 Å². The maximum atomic E-state index is 6.37. The summed E-state index contributed by atoms with van der Waals surface area (Å²) in [5.41, 5.74) is 6.58. The van der Waals surface area contributed by atoms with E-state index in [2.05, 4.69) is 46.3 Å². The molecular formula is C33H20BrN3O. The predicted molar refractivity (Wildman–Crippen MR) is 157 cm³/mol. The number of benzene rings is 5. The van der Waals surface area contributed by atoms with Crippen LogP contribution < -0.4 is 0 Å². The van der Waals surface area contributed by atoms with Crippen molar-refractivity contribution < 1.29 is 4.42 Å². The first-order valence-corrected chi connectivity index (χ1v) is 13.1. The molecule has 0 saturated heterocycles. The molecule has 7 aromatic rings.